The van der Waals surface area contributed by atoms with E-state index in [1.165, 1.54) is 5.56 Å². The monoisotopic (exact) mass is 188 g/mol. The molecule has 0 unspecified atom stereocenters. The minimum absolute atomic E-state index is 0.358. The second kappa shape index (κ2) is 4.27. The van der Waals surface area contributed by atoms with Gasteiger partial charge in [0, 0.05) is 5.56 Å². The van der Waals surface area contributed by atoms with Crippen molar-refractivity contribution >= 4 is 6.21 Å². The summed E-state index contributed by atoms with van der Waals surface area (Å²) in [5.74, 6) is 0. The van der Waals surface area contributed by atoms with E-state index in [2.05, 4.69) is 30.4 Å². The van der Waals surface area contributed by atoms with Crippen molar-refractivity contribution in [2.45, 2.75) is 32.3 Å². The fourth-order valence-corrected chi connectivity index (χ4v) is 1.19. The number of aryl methyl sites for hydroxylation is 1. The molecule has 1 radical (unpaired) electrons. The predicted octanol–water partition coefficient (Wildman–Crippen LogP) is 2.64. The van der Waals surface area contributed by atoms with Crippen LogP contribution in [0.1, 0.15) is 30.9 Å². The molecule has 0 heterocycles. The highest BCUT2D eigenvalue weighted by Gasteiger charge is 2.23. The third kappa shape index (κ3) is 2.59. The molecule has 0 atom stereocenters. The highest BCUT2D eigenvalue weighted by atomic mass is 16.6. The van der Waals surface area contributed by atoms with Crippen molar-refractivity contribution in [3.8, 4) is 0 Å². The second-order valence-corrected chi connectivity index (χ2v) is 3.56. The first-order valence-corrected chi connectivity index (χ1v) is 5.09. The van der Waals surface area contributed by atoms with E-state index in [4.69, 9.17) is 4.84 Å². The van der Waals surface area contributed by atoms with E-state index >= 15 is 0 Å². The Morgan fingerprint density at radius 1 is 1.50 bits per heavy atom. The molecule has 1 saturated carbocycles. The minimum Gasteiger partial charge on any atom is -0.392 e. The molecule has 1 aromatic rings. The van der Waals surface area contributed by atoms with Gasteiger partial charge in [-0.05, 0) is 30.9 Å². The van der Waals surface area contributed by atoms with Gasteiger partial charge in [0.2, 0.25) is 0 Å². The third-order valence-corrected chi connectivity index (χ3v) is 2.24. The van der Waals surface area contributed by atoms with Crippen LogP contribution >= 0.6 is 0 Å². The molecule has 14 heavy (non-hydrogen) atoms. The van der Waals surface area contributed by atoms with Crippen LogP contribution in [0.4, 0.5) is 0 Å². The smallest absolute Gasteiger partial charge is 0.139 e. The summed E-state index contributed by atoms with van der Waals surface area (Å²) in [6.45, 7) is 2.14. The van der Waals surface area contributed by atoms with E-state index < -0.39 is 0 Å². The van der Waals surface area contributed by atoms with Crippen molar-refractivity contribution in [1.29, 1.82) is 0 Å². The number of benzene rings is 1. The van der Waals surface area contributed by atoms with E-state index in [1.807, 2.05) is 12.1 Å². The minimum atomic E-state index is 0.358. The molecule has 2 heteroatoms. The molecule has 0 amide bonds. The van der Waals surface area contributed by atoms with Gasteiger partial charge in [-0.15, -0.1) is 0 Å². The zero-order valence-corrected chi connectivity index (χ0v) is 8.36. The van der Waals surface area contributed by atoms with Gasteiger partial charge in [0.25, 0.3) is 0 Å². The SMILES string of the molecule is CCc1cccc(/[C]=N/OC2CC2)c1. The van der Waals surface area contributed by atoms with Crippen LogP contribution in [0, 0.1) is 0 Å². The first-order valence-electron chi connectivity index (χ1n) is 5.09. The molecule has 0 aromatic heterocycles. The molecule has 0 N–H and O–H groups in total. The van der Waals surface area contributed by atoms with Gasteiger partial charge >= 0.3 is 0 Å². The summed E-state index contributed by atoms with van der Waals surface area (Å²) in [5, 5.41) is 3.83. The van der Waals surface area contributed by atoms with Crippen molar-refractivity contribution < 1.29 is 4.84 Å². The van der Waals surface area contributed by atoms with Crippen LogP contribution in [0.3, 0.4) is 0 Å². The Hall–Kier alpha value is -1.31. The lowest BCUT2D eigenvalue weighted by molar-refractivity contribution is 0.131. The lowest BCUT2D eigenvalue weighted by atomic mass is 10.1. The van der Waals surface area contributed by atoms with Crippen molar-refractivity contribution in [2.24, 2.45) is 5.16 Å². The van der Waals surface area contributed by atoms with Crippen molar-refractivity contribution in [1.82, 2.24) is 0 Å². The van der Waals surface area contributed by atoms with Crippen LogP contribution in [-0.4, -0.2) is 12.3 Å². The van der Waals surface area contributed by atoms with E-state index in [0.29, 0.717) is 6.10 Å². The molecule has 1 aliphatic carbocycles. The van der Waals surface area contributed by atoms with Crippen LogP contribution in [0.25, 0.3) is 0 Å². The molecule has 1 aliphatic rings. The van der Waals surface area contributed by atoms with Gasteiger partial charge in [0.05, 0.1) is 0 Å². The summed E-state index contributed by atoms with van der Waals surface area (Å²) in [4.78, 5) is 5.14. The highest BCUT2D eigenvalue weighted by molar-refractivity contribution is 5.79. The summed E-state index contributed by atoms with van der Waals surface area (Å²) in [7, 11) is 0. The average molecular weight is 188 g/mol. The average Bonchev–Trinajstić information content (AvgIpc) is 3.02. The molecule has 2 nitrogen and oxygen atoms in total. The van der Waals surface area contributed by atoms with Crippen LogP contribution in [0.2, 0.25) is 0 Å². The molecule has 0 aliphatic heterocycles. The predicted molar refractivity (Wildman–Crippen MR) is 56.5 cm³/mol. The maximum atomic E-state index is 5.14. The topological polar surface area (TPSA) is 21.6 Å². The van der Waals surface area contributed by atoms with Crippen molar-refractivity contribution in [3.05, 3.63) is 35.4 Å². The maximum Gasteiger partial charge on any atom is 0.139 e. The van der Waals surface area contributed by atoms with Gasteiger partial charge in [0.15, 0.2) is 0 Å². The third-order valence-electron chi connectivity index (χ3n) is 2.24. The number of hydrogen-bond acceptors (Lipinski definition) is 2. The molecule has 0 spiro atoms. The summed E-state index contributed by atoms with van der Waals surface area (Å²) >= 11 is 0. The zero-order chi connectivity index (χ0) is 9.80. The van der Waals surface area contributed by atoms with E-state index in [9.17, 15) is 0 Å². The van der Waals surface area contributed by atoms with E-state index in [0.717, 1.165) is 24.8 Å². The Labute approximate surface area is 84.6 Å². The number of nitrogens with zero attached hydrogens (tertiary/aromatic N) is 1. The standard InChI is InChI=1S/C12H14NO/c1-2-10-4-3-5-11(8-10)9-13-14-12-6-7-12/h3-5,8,12H,2,6-7H2,1H3. The zero-order valence-electron chi connectivity index (χ0n) is 8.36. The number of rotatable bonds is 4. The lowest BCUT2D eigenvalue weighted by Gasteiger charge is -1.97. The fourth-order valence-electron chi connectivity index (χ4n) is 1.19. The van der Waals surface area contributed by atoms with Crippen molar-refractivity contribution in [2.75, 3.05) is 0 Å². The Balaban J connectivity index is 1.96. The first-order chi connectivity index (χ1) is 6.88. The van der Waals surface area contributed by atoms with Gasteiger partial charge in [-0.1, -0.05) is 30.3 Å². The molecule has 0 saturated heterocycles. The molecule has 1 aromatic carbocycles. The van der Waals surface area contributed by atoms with Crippen LogP contribution in [0.15, 0.2) is 29.4 Å². The molecular weight excluding hydrogens is 174 g/mol. The molecule has 0 bridgehead atoms. The van der Waals surface area contributed by atoms with Gasteiger partial charge in [-0.25, -0.2) is 0 Å². The Morgan fingerprint density at radius 3 is 3.07 bits per heavy atom. The summed E-state index contributed by atoms with van der Waals surface area (Å²) < 4.78 is 0. The highest BCUT2D eigenvalue weighted by Crippen LogP contribution is 2.23. The fraction of sp³-hybridized carbons (Fsp3) is 0.417. The Morgan fingerprint density at radius 2 is 2.36 bits per heavy atom. The maximum absolute atomic E-state index is 5.14. The lowest BCUT2D eigenvalue weighted by Crippen LogP contribution is -1.88. The van der Waals surface area contributed by atoms with Gasteiger partial charge in [-0.3, -0.25) is 0 Å². The number of hydrogen-bond donors (Lipinski definition) is 0. The van der Waals surface area contributed by atoms with Gasteiger partial charge in [0.1, 0.15) is 12.3 Å². The quantitative estimate of drug-likeness (QED) is 0.525. The molecule has 73 valence electrons. The van der Waals surface area contributed by atoms with Crippen LogP contribution in [0.5, 0.6) is 0 Å². The normalized spacial score (nSPS) is 16.1. The molecule has 1 fully saturated rings. The van der Waals surface area contributed by atoms with E-state index in [-0.39, 0.29) is 0 Å². The van der Waals surface area contributed by atoms with E-state index in [1.54, 1.807) is 0 Å². The second-order valence-electron chi connectivity index (χ2n) is 3.56. The Bertz CT molecular complexity index is 329. The summed E-state index contributed by atoms with van der Waals surface area (Å²) in [6, 6.07) is 8.19. The van der Waals surface area contributed by atoms with Crippen molar-refractivity contribution in [3.63, 3.8) is 0 Å². The Kier molecular flexibility index (Phi) is 2.82. The van der Waals surface area contributed by atoms with Crippen LogP contribution < -0.4 is 0 Å². The summed E-state index contributed by atoms with van der Waals surface area (Å²) in [5.41, 5.74) is 2.29. The van der Waals surface area contributed by atoms with Gasteiger partial charge in [-0.2, -0.15) is 0 Å². The van der Waals surface area contributed by atoms with Crippen LogP contribution in [-0.2, 0) is 11.3 Å². The largest absolute Gasteiger partial charge is 0.392 e. The molecule has 2 rings (SSSR count). The summed E-state index contributed by atoms with van der Waals surface area (Å²) in [6.07, 6.45) is 6.57. The first kappa shape index (κ1) is 9.25. The van der Waals surface area contributed by atoms with Gasteiger partial charge < -0.3 is 4.84 Å². The molecular formula is C12H14NO.